The monoisotopic (exact) mass is 1370 g/mol. The molecule has 0 bridgehead atoms. The van der Waals surface area contributed by atoms with Crippen LogP contribution in [0, 0.1) is 0 Å². The van der Waals surface area contributed by atoms with Gasteiger partial charge in [-0.3, -0.25) is 4.79 Å². The number of ether oxygens (including phenoxy) is 4. The van der Waals surface area contributed by atoms with E-state index in [9.17, 15) is 45.6 Å². The van der Waals surface area contributed by atoms with Crippen LogP contribution in [0.1, 0.15) is 425 Å². The first-order valence-electron chi connectivity index (χ1n) is 42.3. The van der Waals surface area contributed by atoms with Crippen molar-refractivity contribution < 1.29 is 64.6 Å². The highest BCUT2D eigenvalue weighted by Crippen LogP contribution is 2.31. The lowest BCUT2D eigenvalue weighted by Crippen LogP contribution is -2.65. The highest BCUT2D eigenvalue weighted by atomic mass is 16.7. The number of amides is 1. The number of aliphatic hydroxyl groups is 8. The predicted octanol–water partition coefficient (Wildman–Crippen LogP) is 19.5. The zero-order valence-electron chi connectivity index (χ0n) is 62.9. The number of rotatable bonds is 73. The van der Waals surface area contributed by atoms with Crippen molar-refractivity contribution in [1.82, 2.24) is 5.32 Å². The fraction of sp³-hybridized carbons (Fsp3) is 0.988. The van der Waals surface area contributed by atoms with Gasteiger partial charge in [-0.25, -0.2) is 0 Å². The molecule has 14 heteroatoms. The Bertz CT molecular complexity index is 1610. The van der Waals surface area contributed by atoms with Crippen molar-refractivity contribution in [2.45, 2.75) is 498 Å². The Kier molecular flexibility index (Phi) is 63.7. The summed E-state index contributed by atoms with van der Waals surface area (Å²) in [6.07, 6.45) is 67.4. The van der Waals surface area contributed by atoms with E-state index in [-0.39, 0.29) is 12.5 Å². The smallest absolute Gasteiger partial charge is 0.220 e. The van der Waals surface area contributed by atoms with Crippen LogP contribution in [0.25, 0.3) is 0 Å². The maximum Gasteiger partial charge on any atom is 0.220 e. The molecule has 12 atom stereocenters. The molecule has 2 heterocycles. The molecule has 0 spiro atoms. The van der Waals surface area contributed by atoms with E-state index in [2.05, 4.69) is 19.2 Å². The van der Waals surface area contributed by atoms with Crippen LogP contribution in [-0.2, 0) is 23.7 Å². The van der Waals surface area contributed by atoms with Crippen molar-refractivity contribution in [2.24, 2.45) is 0 Å². The van der Waals surface area contributed by atoms with Crippen molar-refractivity contribution in [1.29, 1.82) is 0 Å². The largest absolute Gasteiger partial charge is 0.394 e. The number of aliphatic hydroxyl groups excluding tert-OH is 8. The molecule has 2 rings (SSSR count). The molecule has 0 aliphatic carbocycles. The minimum atomic E-state index is -1.78. The lowest BCUT2D eigenvalue weighted by molar-refractivity contribution is -0.359. The number of unbranched alkanes of at least 4 members (excludes halogenated alkanes) is 60. The maximum atomic E-state index is 13.4. The third-order valence-electron chi connectivity index (χ3n) is 21.3. The summed E-state index contributed by atoms with van der Waals surface area (Å²) in [5.74, 6) is -0.194. The van der Waals surface area contributed by atoms with Crippen LogP contribution in [0.2, 0.25) is 0 Å². The van der Waals surface area contributed by atoms with Gasteiger partial charge in [-0.05, 0) is 12.8 Å². The summed E-state index contributed by atoms with van der Waals surface area (Å²) < 4.78 is 23.0. The molecule has 2 fully saturated rings. The first kappa shape index (κ1) is 91.1. The molecule has 0 radical (unpaired) electrons. The zero-order chi connectivity index (χ0) is 69.4. The minimum absolute atomic E-state index is 0.194. The number of carbonyl (C=O) groups excluding carboxylic acids is 1. The highest BCUT2D eigenvalue weighted by Gasteiger charge is 2.51. The molecular weight excluding hydrogens is 1210 g/mol. The fourth-order valence-electron chi connectivity index (χ4n) is 14.7. The van der Waals surface area contributed by atoms with Gasteiger partial charge in [0, 0.05) is 6.42 Å². The average Bonchev–Trinajstić information content (AvgIpc) is 0.804. The summed E-state index contributed by atoms with van der Waals surface area (Å²) in [6.45, 7) is 2.95. The van der Waals surface area contributed by atoms with Gasteiger partial charge >= 0.3 is 0 Å². The molecule has 0 aromatic carbocycles. The highest BCUT2D eigenvalue weighted by molar-refractivity contribution is 5.76. The summed E-state index contributed by atoms with van der Waals surface area (Å²) in [7, 11) is 0. The van der Waals surface area contributed by atoms with Crippen molar-refractivity contribution in [3.05, 3.63) is 0 Å². The van der Waals surface area contributed by atoms with Crippen molar-refractivity contribution >= 4 is 5.91 Å². The van der Waals surface area contributed by atoms with Gasteiger partial charge in [-0.15, -0.1) is 0 Å². The third-order valence-corrected chi connectivity index (χ3v) is 21.3. The molecule has 96 heavy (non-hydrogen) atoms. The van der Waals surface area contributed by atoms with Gasteiger partial charge in [0.25, 0.3) is 0 Å². The molecule has 0 aromatic heterocycles. The van der Waals surface area contributed by atoms with Crippen LogP contribution < -0.4 is 5.32 Å². The zero-order valence-corrected chi connectivity index (χ0v) is 62.9. The lowest BCUT2D eigenvalue weighted by atomic mass is 9.97. The lowest BCUT2D eigenvalue weighted by Gasteiger charge is -2.46. The van der Waals surface area contributed by atoms with Crippen molar-refractivity contribution in [3.8, 4) is 0 Å². The second kappa shape index (κ2) is 67.2. The molecule has 0 saturated carbocycles. The van der Waals surface area contributed by atoms with Gasteiger partial charge in [-0.2, -0.15) is 0 Å². The van der Waals surface area contributed by atoms with Gasteiger partial charge in [-0.1, -0.05) is 406 Å². The van der Waals surface area contributed by atoms with E-state index in [0.29, 0.717) is 12.8 Å². The summed E-state index contributed by atoms with van der Waals surface area (Å²) in [5, 5.41) is 87.9. The Balaban J connectivity index is 1.58. The second-order valence-corrected chi connectivity index (χ2v) is 30.3. The first-order valence-corrected chi connectivity index (χ1v) is 42.3. The van der Waals surface area contributed by atoms with Gasteiger partial charge in [0.05, 0.1) is 32.0 Å². The molecular formula is C82H161NO13. The van der Waals surface area contributed by atoms with Crippen LogP contribution in [0.3, 0.4) is 0 Å². The van der Waals surface area contributed by atoms with Gasteiger partial charge in [0.1, 0.15) is 48.8 Å². The van der Waals surface area contributed by atoms with E-state index in [1.165, 1.54) is 347 Å². The number of carbonyl (C=O) groups is 1. The third kappa shape index (κ3) is 49.6. The van der Waals surface area contributed by atoms with Crippen LogP contribution in [0.4, 0.5) is 0 Å². The van der Waals surface area contributed by atoms with E-state index in [1.807, 2.05) is 0 Å². The molecule has 14 nitrogen and oxygen atoms in total. The van der Waals surface area contributed by atoms with E-state index >= 15 is 0 Å². The van der Waals surface area contributed by atoms with E-state index in [1.54, 1.807) is 0 Å². The Labute approximate surface area is 591 Å². The number of nitrogens with one attached hydrogen (secondary N) is 1. The van der Waals surface area contributed by atoms with Gasteiger partial charge in [0.2, 0.25) is 5.91 Å². The number of hydrogen-bond donors (Lipinski definition) is 9. The molecule has 12 unspecified atom stereocenters. The normalized spacial score (nSPS) is 22.1. The predicted molar refractivity (Wildman–Crippen MR) is 397 cm³/mol. The SMILES string of the molecule is CCCCCCCCCCCCCCCCCCCCCCCCCCCCCCCCCCC(O)C(COC1OC(CO)C(OC2OC(CO)C(O)C(O)C2O)C(O)C1O)NC(=O)CCCCCCCCCCCCCCCCCCCCCCCCCCCCCCCC. The molecule has 2 saturated heterocycles. The van der Waals surface area contributed by atoms with Crippen LogP contribution >= 0.6 is 0 Å². The molecule has 1 amide bonds. The van der Waals surface area contributed by atoms with Crippen LogP contribution in [-0.4, -0.2) is 140 Å². The molecule has 572 valence electrons. The van der Waals surface area contributed by atoms with Crippen molar-refractivity contribution in [2.75, 3.05) is 19.8 Å². The fourth-order valence-corrected chi connectivity index (χ4v) is 14.7. The van der Waals surface area contributed by atoms with Gasteiger partial charge < -0.3 is 65.1 Å². The van der Waals surface area contributed by atoms with Crippen LogP contribution in [0.5, 0.6) is 0 Å². The Hall–Kier alpha value is -1.01. The number of hydrogen-bond acceptors (Lipinski definition) is 13. The summed E-state index contributed by atoms with van der Waals surface area (Å²) >= 11 is 0. The minimum Gasteiger partial charge on any atom is -0.394 e. The maximum absolute atomic E-state index is 13.4. The molecule has 2 aliphatic rings. The quantitative estimate of drug-likeness (QED) is 0.0259. The standard InChI is InChI=1S/C82H161NO13/c1-3-5-7-9-11-13-15-17-19-21-23-25-27-29-31-33-35-36-37-39-41-43-45-47-49-51-53-55-57-59-61-63-65-71(86)70(69-93-81-79(92)77(90)80(73(68-85)95-81)96-82-78(91)76(89)75(88)72(67-84)94-82)83-74(87)66-64-62-60-58-56-54-52-50-48-46-44-42-40-38-34-32-30-28-26-24-22-20-18-16-14-12-10-8-6-4-2/h70-73,75-82,84-86,88-92H,3-69H2,1-2H3,(H,83,87). The van der Waals surface area contributed by atoms with Crippen molar-refractivity contribution in [3.63, 3.8) is 0 Å². The Morgan fingerprint density at radius 2 is 0.594 bits per heavy atom. The van der Waals surface area contributed by atoms with Gasteiger partial charge in [0.15, 0.2) is 12.6 Å². The van der Waals surface area contributed by atoms with E-state index < -0.39 is 86.8 Å². The van der Waals surface area contributed by atoms with E-state index in [0.717, 1.165) is 51.4 Å². The topological polar surface area (TPSA) is 228 Å². The van der Waals surface area contributed by atoms with E-state index in [4.69, 9.17) is 18.9 Å². The summed E-state index contributed by atoms with van der Waals surface area (Å²) in [6, 6.07) is -0.826. The average molecular weight is 1370 g/mol. The summed E-state index contributed by atoms with van der Waals surface area (Å²) in [5.41, 5.74) is 0. The van der Waals surface area contributed by atoms with Crippen LogP contribution in [0.15, 0.2) is 0 Å². The first-order chi connectivity index (χ1) is 47.1. The Morgan fingerprint density at radius 1 is 0.333 bits per heavy atom. The molecule has 9 N–H and O–H groups in total. The second-order valence-electron chi connectivity index (χ2n) is 30.3. The Morgan fingerprint density at radius 3 is 0.885 bits per heavy atom. The summed E-state index contributed by atoms with van der Waals surface area (Å²) in [4.78, 5) is 13.4. The molecule has 2 aliphatic heterocycles. The molecule has 0 aromatic rings.